The summed E-state index contributed by atoms with van der Waals surface area (Å²) in [4.78, 5) is 0. The van der Waals surface area contributed by atoms with Crippen molar-refractivity contribution in [2.75, 3.05) is 0 Å². The average molecular weight is 158 g/mol. The predicted octanol–water partition coefficient (Wildman–Crippen LogP) is 3.32. The van der Waals surface area contributed by atoms with E-state index < -0.39 is 0 Å². The summed E-state index contributed by atoms with van der Waals surface area (Å²) >= 11 is 2.14. The minimum absolute atomic E-state index is 0.815. The fourth-order valence-corrected chi connectivity index (χ4v) is 2.80. The lowest BCUT2D eigenvalue weighted by molar-refractivity contribution is 0.315. The van der Waals surface area contributed by atoms with Crippen LogP contribution in [0.1, 0.15) is 40.0 Å². The minimum Gasteiger partial charge on any atom is -0.156 e. The Morgan fingerprint density at radius 1 is 1.20 bits per heavy atom. The zero-order valence-electron chi connectivity index (χ0n) is 7.26. The molecule has 0 heterocycles. The Bertz CT molecular complexity index is 94.9. The molecule has 0 amide bonds. The SMILES string of the molecule is CC(C)SC(C)C1CCC1. The second kappa shape index (κ2) is 3.66. The van der Waals surface area contributed by atoms with E-state index >= 15 is 0 Å². The zero-order chi connectivity index (χ0) is 7.56. The van der Waals surface area contributed by atoms with Gasteiger partial charge in [0, 0.05) is 5.25 Å². The second-order valence-electron chi connectivity index (χ2n) is 3.58. The molecule has 0 nitrogen and oxygen atoms in total. The molecule has 1 fully saturated rings. The van der Waals surface area contributed by atoms with Gasteiger partial charge < -0.3 is 0 Å². The van der Waals surface area contributed by atoms with Crippen molar-refractivity contribution in [3.05, 3.63) is 0 Å². The van der Waals surface area contributed by atoms with E-state index in [2.05, 4.69) is 32.5 Å². The lowest BCUT2D eigenvalue weighted by Crippen LogP contribution is -2.22. The molecule has 1 rings (SSSR count). The molecular formula is C9H18S. The van der Waals surface area contributed by atoms with Gasteiger partial charge in [-0.15, -0.1) is 0 Å². The third kappa shape index (κ3) is 2.19. The van der Waals surface area contributed by atoms with E-state index in [1.165, 1.54) is 19.3 Å². The Labute approximate surface area is 68.8 Å². The third-order valence-corrected chi connectivity index (χ3v) is 3.66. The van der Waals surface area contributed by atoms with E-state index in [1.54, 1.807) is 0 Å². The molecule has 0 bridgehead atoms. The number of hydrogen-bond donors (Lipinski definition) is 0. The van der Waals surface area contributed by atoms with Crippen LogP contribution in [0.4, 0.5) is 0 Å². The van der Waals surface area contributed by atoms with Crippen LogP contribution in [0.3, 0.4) is 0 Å². The van der Waals surface area contributed by atoms with Crippen LogP contribution < -0.4 is 0 Å². The Hall–Kier alpha value is 0.350. The van der Waals surface area contributed by atoms with Crippen molar-refractivity contribution < 1.29 is 0 Å². The Balaban J connectivity index is 2.13. The molecule has 1 aliphatic rings. The first kappa shape index (κ1) is 8.45. The highest BCUT2D eigenvalue weighted by Crippen LogP contribution is 2.36. The minimum atomic E-state index is 0.815. The monoisotopic (exact) mass is 158 g/mol. The molecule has 1 heteroatoms. The van der Waals surface area contributed by atoms with Gasteiger partial charge in [0.2, 0.25) is 0 Å². The molecule has 0 aromatic carbocycles. The fourth-order valence-electron chi connectivity index (χ4n) is 1.45. The lowest BCUT2D eigenvalue weighted by atomic mass is 9.83. The Morgan fingerprint density at radius 3 is 2.10 bits per heavy atom. The molecule has 10 heavy (non-hydrogen) atoms. The van der Waals surface area contributed by atoms with E-state index in [9.17, 15) is 0 Å². The zero-order valence-corrected chi connectivity index (χ0v) is 8.08. The second-order valence-corrected chi connectivity index (χ2v) is 5.54. The molecule has 1 unspecified atom stereocenters. The molecule has 1 atom stereocenters. The molecule has 60 valence electrons. The van der Waals surface area contributed by atoms with Crippen molar-refractivity contribution >= 4 is 11.8 Å². The first-order valence-corrected chi connectivity index (χ1v) is 5.30. The molecule has 0 aromatic heterocycles. The standard InChI is InChI=1S/C9H18S/c1-7(2)10-8(3)9-5-4-6-9/h7-9H,4-6H2,1-3H3. The van der Waals surface area contributed by atoms with E-state index in [4.69, 9.17) is 0 Å². The molecule has 0 radical (unpaired) electrons. The van der Waals surface area contributed by atoms with Crippen LogP contribution in [-0.2, 0) is 0 Å². The summed E-state index contributed by atoms with van der Waals surface area (Å²) in [5, 5.41) is 1.73. The molecule has 0 aliphatic heterocycles. The smallest absolute Gasteiger partial charge is 0.00495 e. The maximum Gasteiger partial charge on any atom is 0.00495 e. The van der Waals surface area contributed by atoms with Crippen molar-refractivity contribution in [1.82, 2.24) is 0 Å². The summed E-state index contributed by atoms with van der Waals surface area (Å²) in [6.45, 7) is 6.97. The summed E-state index contributed by atoms with van der Waals surface area (Å²) in [5.41, 5.74) is 0. The molecule has 1 saturated carbocycles. The Kier molecular flexibility index (Phi) is 3.09. The van der Waals surface area contributed by atoms with Crippen LogP contribution in [0.15, 0.2) is 0 Å². The highest BCUT2D eigenvalue weighted by Gasteiger charge is 2.24. The predicted molar refractivity (Wildman–Crippen MR) is 49.5 cm³/mol. The molecule has 1 aliphatic carbocycles. The van der Waals surface area contributed by atoms with Gasteiger partial charge in [-0.3, -0.25) is 0 Å². The summed E-state index contributed by atoms with van der Waals surface area (Å²) < 4.78 is 0. The fraction of sp³-hybridized carbons (Fsp3) is 1.00. The van der Waals surface area contributed by atoms with Crippen LogP contribution in [0.2, 0.25) is 0 Å². The number of thioether (sulfide) groups is 1. The number of rotatable bonds is 3. The number of hydrogen-bond acceptors (Lipinski definition) is 1. The molecule has 0 saturated heterocycles. The van der Waals surface area contributed by atoms with Gasteiger partial charge in [0.15, 0.2) is 0 Å². The van der Waals surface area contributed by atoms with E-state index in [0.29, 0.717) is 0 Å². The third-order valence-electron chi connectivity index (χ3n) is 2.30. The maximum atomic E-state index is 2.38. The van der Waals surface area contributed by atoms with Gasteiger partial charge in [0.1, 0.15) is 0 Å². The summed E-state index contributed by atoms with van der Waals surface area (Å²) in [7, 11) is 0. The molecular weight excluding hydrogens is 140 g/mol. The maximum absolute atomic E-state index is 2.38. The van der Waals surface area contributed by atoms with Crippen LogP contribution in [0.25, 0.3) is 0 Å². The summed E-state index contributed by atoms with van der Waals surface area (Å²) in [5.74, 6) is 1.05. The van der Waals surface area contributed by atoms with E-state index in [-0.39, 0.29) is 0 Å². The van der Waals surface area contributed by atoms with Crippen molar-refractivity contribution in [1.29, 1.82) is 0 Å². The first-order valence-electron chi connectivity index (χ1n) is 4.35. The first-order chi connectivity index (χ1) is 4.70. The van der Waals surface area contributed by atoms with Crippen LogP contribution >= 0.6 is 11.8 Å². The van der Waals surface area contributed by atoms with Gasteiger partial charge in [-0.1, -0.05) is 27.2 Å². The van der Waals surface area contributed by atoms with Gasteiger partial charge >= 0.3 is 0 Å². The highest BCUT2D eigenvalue weighted by molar-refractivity contribution is 8.00. The summed E-state index contributed by atoms with van der Waals surface area (Å²) in [6, 6.07) is 0. The Morgan fingerprint density at radius 2 is 1.80 bits per heavy atom. The van der Waals surface area contributed by atoms with Crippen LogP contribution in [0, 0.1) is 5.92 Å². The topological polar surface area (TPSA) is 0 Å². The van der Waals surface area contributed by atoms with Gasteiger partial charge in [-0.2, -0.15) is 11.8 Å². The van der Waals surface area contributed by atoms with Crippen molar-refractivity contribution in [3.8, 4) is 0 Å². The van der Waals surface area contributed by atoms with E-state index in [0.717, 1.165) is 16.4 Å². The normalized spacial score (nSPS) is 22.8. The quantitative estimate of drug-likeness (QED) is 0.607. The van der Waals surface area contributed by atoms with Crippen molar-refractivity contribution in [2.45, 2.75) is 50.5 Å². The van der Waals surface area contributed by atoms with Crippen molar-refractivity contribution in [2.24, 2.45) is 5.92 Å². The summed E-state index contributed by atoms with van der Waals surface area (Å²) in [6.07, 6.45) is 4.45. The molecule has 0 spiro atoms. The van der Waals surface area contributed by atoms with Crippen LogP contribution in [0.5, 0.6) is 0 Å². The van der Waals surface area contributed by atoms with E-state index in [1.807, 2.05) is 0 Å². The van der Waals surface area contributed by atoms with Crippen LogP contribution in [-0.4, -0.2) is 10.5 Å². The van der Waals surface area contributed by atoms with Gasteiger partial charge in [0.25, 0.3) is 0 Å². The van der Waals surface area contributed by atoms with Gasteiger partial charge in [0.05, 0.1) is 0 Å². The highest BCUT2D eigenvalue weighted by atomic mass is 32.2. The lowest BCUT2D eigenvalue weighted by Gasteiger charge is -2.31. The average Bonchev–Trinajstić information content (AvgIpc) is 1.55. The van der Waals surface area contributed by atoms with Crippen molar-refractivity contribution in [3.63, 3.8) is 0 Å². The molecule has 0 aromatic rings. The largest absolute Gasteiger partial charge is 0.156 e. The van der Waals surface area contributed by atoms with Gasteiger partial charge in [-0.25, -0.2) is 0 Å². The molecule has 0 N–H and O–H groups in total. The van der Waals surface area contributed by atoms with Gasteiger partial charge in [-0.05, 0) is 24.0 Å².